The van der Waals surface area contributed by atoms with Gasteiger partial charge in [-0.05, 0) is 28.5 Å². The van der Waals surface area contributed by atoms with E-state index < -0.39 is 15.9 Å². The predicted molar refractivity (Wildman–Crippen MR) is 90.3 cm³/mol. The summed E-state index contributed by atoms with van der Waals surface area (Å²) in [6.45, 7) is 0.485. The molecule has 0 radical (unpaired) electrons. The molecule has 24 heavy (non-hydrogen) atoms. The molecule has 0 saturated carbocycles. The van der Waals surface area contributed by atoms with Gasteiger partial charge in [0.15, 0.2) is 0 Å². The van der Waals surface area contributed by atoms with Gasteiger partial charge >= 0.3 is 0 Å². The summed E-state index contributed by atoms with van der Waals surface area (Å²) in [6.07, 6.45) is 1.39. The average molecular weight is 369 g/mol. The number of sulfonamides is 1. The highest BCUT2D eigenvalue weighted by Gasteiger charge is 2.40. The molecule has 1 amide bonds. The Morgan fingerprint density at radius 3 is 2.75 bits per heavy atom. The molecular formula is C15H19N3O4S2. The zero-order valence-corrected chi connectivity index (χ0v) is 14.8. The maximum atomic E-state index is 12.9. The molecule has 1 saturated heterocycles. The van der Waals surface area contributed by atoms with Crippen LogP contribution in [0.1, 0.15) is 22.0 Å². The van der Waals surface area contributed by atoms with Crippen LogP contribution >= 0.6 is 11.3 Å². The Hall–Kier alpha value is -1.68. The highest BCUT2D eigenvalue weighted by Crippen LogP contribution is 2.36. The second-order valence-corrected chi connectivity index (χ2v) is 8.68. The normalized spacial score (nSPS) is 22.1. The van der Waals surface area contributed by atoms with Crippen molar-refractivity contribution in [2.45, 2.75) is 10.8 Å². The molecule has 1 aliphatic heterocycles. The summed E-state index contributed by atoms with van der Waals surface area (Å²) in [4.78, 5) is 11.4. The Morgan fingerprint density at radius 2 is 2.21 bits per heavy atom. The summed E-state index contributed by atoms with van der Waals surface area (Å²) in [5.74, 6) is -0.853. The van der Waals surface area contributed by atoms with E-state index in [2.05, 4.69) is 0 Å². The predicted octanol–water partition coefficient (Wildman–Crippen LogP) is 0.582. The molecule has 1 aliphatic rings. The third-order valence-corrected chi connectivity index (χ3v) is 6.98. The molecule has 2 aromatic heterocycles. The molecule has 1 fully saturated rings. The second kappa shape index (κ2) is 6.32. The Labute approximate surface area is 144 Å². The third-order valence-electron chi connectivity index (χ3n) is 4.48. The van der Waals surface area contributed by atoms with Crippen LogP contribution in [0.25, 0.3) is 0 Å². The van der Waals surface area contributed by atoms with E-state index in [0.29, 0.717) is 6.54 Å². The van der Waals surface area contributed by atoms with Crippen molar-refractivity contribution in [3.8, 4) is 0 Å². The van der Waals surface area contributed by atoms with Gasteiger partial charge in [-0.1, -0.05) is 0 Å². The number of carbonyl (C=O) groups excluding carboxylic acids is 1. The number of hydrogen-bond donors (Lipinski definition) is 2. The topological polar surface area (TPSA) is 106 Å². The molecule has 130 valence electrons. The fourth-order valence-electron chi connectivity index (χ4n) is 3.15. The van der Waals surface area contributed by atoms with Gasteiger partial charge in [0.1, 0.15) is 10.6 Å². The molecule has 3 heterocycles. The van der Waals surface area contributed by atoms with Gasteiger partial charge < -0.3 is 15.4 Å². The molecule has 9 heteroatoms. The molecule has 3 N–H and O–H groups in total. The lowest BCUT2D eigenvalue weighted by Crippen LogP contribution is -2.29. The van der Waals surface area contributed by atoms with Gasteiger partial charge in [-0.15, -0.1) is 0 Å². The Bertz CT molecular complexity index is 842. The van der Waals surface area contributed by atoms with Crippen LogP contribution < -0.4 is 5.73 Å². The molecular weight excluding hydrogens is 350 g/mol. The Balaban J connectivity index is 1.91. The van der Waals surface area contributed by atoms with Crippen molar-refractivity contribution in [1.29, 1.82) is 0 Å². The van der Waals surface area contributed by atoms with Crippen LogP contribution in [0.2, 0.25) is 0 Å². The van der Waals surface area contributed by atoms with Gasteiger partial charge in [0, 0.05) is 44.8 Å². The van der Waals surface area contributed by atoms with Crippen molar-refractivity contribution in [3.63, 3.8) is 0 Å². The molecule has 0 spiro atoms. The van der Waals surface area contributed by atoms with Crippen molar-refractivity contribution >= 4 is 27.3 Å². The monoisotopic (exact) mass is 369 g/mol. The van der Waals surface area contributed by atoms with E-state index in [1.165, 1.54) is 21.1 Å². The summed E-state index contributed by atoms with van der Waals surface area (Å²) in [5.41, 5.74) is 6.44. The van der Waals surface area contributed by atoms with Crippen molar-refractivity contribution in [1.82, 2.24) is 8.87 Å². The Morgan fingerprint density at radius 1 is 1.46 bits per heavy atom. The van der Waals surface area contributed by atoms with Crippen LogP contribution in [0, 0.1) is 5.92 Å². The van der Waals surface area contributed by atoms with Gasteiger partial charge in [-0.3, -0.25) is 4.79 Å². The molecule has 0 aliphatic carbocycles. The molecule has 2 atom stereocenters. The van der Waals surface area contributed by atoms with Gasteiger partial charge in [0.25, 0.3) is 5.91 Å². The summed E-state index contributed by atoms with van der Waals surface area (Å²) >= 11 is 1.55. The number of aryl methyl sites for hydroxylation is 1. The largest absolute Gasteiger partial charge is 0.396 e. The lowest BCUT2D eigenvalue weighted by Gasteiger charge is -2.15. The Kier molecular flexibility index (Phi) is 4.52. The van der Waals surface area contributed by atoms with Crippen LogP contribution in [0.15, 0.2) is 34.0 Å². The quantitative estimate of drug-likeness (QED) is 0.804. The second-order valence-electron chi connectivity index (χ2n) is 5.96. The minimum atomic E-state index is -3.74. The number of nitrogens with zero attached hydrogens (tertiary/aromatic N) is 2. The van der Waals surface area contributed by atoms with E-state index in [-0.39, 0.29) is 35.6 Å². The number of carbonyl (C=O) groups is 1. The van der Waals surface area contributed by atoms with Gasteiger partial charge in [0.2, 0.25) is 10.0 Å². The molecule has 3 rings (SSSR count). The molecule has 0 bridgehead atoms. The third kappa shape index (κ3) is 2.88. The number of primary amides is 1. The van der Waals surface area contributed by atoms with Crippen LogP contribution in [-0.4, -0.2) is 48.0 Å². The number of aliphatic hydroxyl groups is 1. The van der Waals surface area contributed by atoms with E-state index >= 15 is 0 Å². The lowest BCUT2D eigenvalue weighted by atomic mass is 9.92. The molecule has 7 nitrogen and oxygen atoms in total. The standard InChI is InChI=1S/C15H19N3O4S2/c1-17-6-12(4-14(17)15(16)20)24(21,22)18-5-11(8-19)13(7-18)10-2-3-23-9-10/h2-4,6,9,11,13,19H,5,7-8H2,1H3,(H2,16,20). The number of amides is 1. The van der Waals surface area contributed by atoms with Crippen LogP contribution in [0.3, 0.4) is 0 Å². The number of aromatic nitrogens is 1. The van der Waals surface area contributed by atoms with E-state index in [1.54, 1.807) is 18.4 Å². The van der Waals surface area contributed by atoms with E-state index in [4.69, 9.17) is 5.73 Å². The van der Waals surface area contributed by atoms with E-state index in [0.717, 1.165) is 5.56 Å². The number of aliphatic hydroxyl groups excluding tert-OH is 1. The first kappa shape index (κ1) is 17.2. The number of thiophene rings is 1. The number of nitrogens with two attached hydrogens (primary N) is 1. The number of hydrogen-bond acceptors (Lipinski definition) is 5. The maximum absolute atomic E-state index is 12.9. The van der Waals surface area contributed by atoms with Crippen molar-refractivity contribution in [3.05, 3.63) is 40.3 Å². The highest BCUT2D eigenvalue weighted by molar-refractivity contribution is 7.89. The van der Waals surface area contributed by atoms with E-state index in [1.807, 2.05) is 16.8 Å². The summed E-state index contributed by atoms with van der Waals surface area (Å²) in [5, 5.41) is 13.6. The minimum Gasteiger partial charge on any atom is -0.396 e. The summed E-state index contributed by atoms with van der Waals surface area (Å²) in [7, 11) is -2.17. The molecule has 2 aromatic rings. The first-order valence-electron chi connectivity index (χ1n) is 7.44. The molecule has 0 aromatic carbocycles. The lowest BCUT2D eigenvalue weighted by molar-refractivity contribution is 0.0992. The smallest absolute Gasteiger partial charge is 0.265 e. The van der Waals surface area contributed by atoms with E-state index in [9.17, 15) is 18.3 Å². The van der Waals surface area contributed by atoms with Crippen molar-refractivity contribution in [2.24, 2.45) is 18.7 Å². The van der Waals surface area contributed by atoms with Crippen LogP contribution in [0.4, 0.5) is 0 Å². The maximum Gasteiger partial charge on any atom is 0.265 e. The average Bonchev–Trinajstić information content (AvgIpc) is 3.25. The fourth-order valence-corrected chi connectivity index (χ4v) is 5.47. The fraction of sp³-hybridized carbons (Fsp3) is 0.400. The zero-order valence-electron chi connectivity index (χ0n) is 13.1. The SMILES string of the molecule is Cn1cc(S(=O)(=O)N2CC(CO)C(c3ccsc3)C2)cc1C(N)=O. The summed E-state index contributed by atoms with van der Waals surface area (Å²) in [6, 6.07) is 3.26. The molecule has 2 unspecified atom stereocenters. The zero-order chi connectivity index (χ0) is 17.5. The minimum absolute atomic E-state index is 0.0321. The highest BCUT2D eigenvalue weighted by atomic mass is 32.2. The van der Waals surface area contributed by atoms with Crippen LogP contribution in [0.5, 0.6) is 0 Å². The van der Waals surface area contributed by atoms with Gasteiger partial charge in [0.05, 0.1) is 0 Å². The van der Waals surface area contributed by atoms with Gasteiger partial charge in [-0.2, -0.15) is 15.6 Å². The number of rotatable bonds is 5. The van der Waals surface area contributed by atoms with Crippen LogP contribution in [-0.2, 0) is 17.1 Å². The van der Waals surface area contributed by atoms with Crippen molar-refractivity contribution in [2.75, 3.05) is 19.7 Å². The van der Waals surface area contributed by atoms with Crippen molar-refractivity contribution < 1.29 is 18.3 Å². The van der Waals surface area contributed by atoms with Gasteiger partial charge in [-0.25, -0.2) is 8.42 Å². The summed E-state index contributed by atoms with van der Waals surface area (Å²) < 4.78 is 28.5. The first-order chi connectivity index (χ1) is 11.3. The first-order valence-corrected chi connectivity index (χ1v) is 9.82.